The largest absolute Gasteiger partial charge is 0.327 e. The van der Waals surface area contributed by atoms with Crippen molar-refractivity contribution in [3.63, 3.8) is 0 Å². The van der Waals surface area contributed by atoms with Crippen LogP contribution in [0.5, 0.6) is 0 Å². The molecule has 1 aliphatic rings. The third kappa shape index (κ3) is 1.82. The van der Waals surface area contributed by atoms with Gasteiger partial charge in [0.05, 0.1) is 5.69 Å². The smallest absolute Gasteiger partial charge is 0.0596 e. The number of aromatic nitrogens is 2. The van der Waals surface area contributed by atoms with E-state index in [1.165, 1.54) is 25.0 Å². The summed E-state index contributed by atoms with van der Waals surface area (Å²) < 4.78 is 1.95. The molecule has 0 amide bonds. The van der Waals surface area contributed by atoms with Crippen molar-refractivity contribution in [2.24, 2.45) is 18.7 Å². The summed E-state index contributed by atoms with van der Waals surface area (Å²) in [5.74, 6) is 0.755. The molecule has 1 fully saturated rings. The standard InChI is InChI=1S/C11H19N3/c1-8-6-10(14(2)13-8)7-11(12)9-4-3-5-9/h6,9,11H,3-5,7,12H2,1-2H3. The number of nitrogens with two attached hydrogens (primary N) is 1. The Hall–Kier alpha value is -0.830. The van der Waals surface area contributed by atoms with E-state index in [2.05, 4.69) is 11.2 Å². The molecular weight excluding hydrogens is 174 g/mol. The maximum absolute atomic E-state index is 6.15. The summed E-state index contributed by atoms with van der Waals surface area (Å²) in [6.07, 6.45) is 4.97. The summed E-state index contributed by atoms with van der Waals surface area (Å²) >= 11 is 0. The van der Waals surface area contributed by atoms with Crippen LogP contribution in [0.3, 0.4) is 0 Å². The Kier molecular flexibility index (Phi) is 2.59. The molecule has 0 aromatic carbocycles. The molecule has 0 spiro atoms. The predicted octanol–water partition coefficient (Wildman–Crippen LogP) is 1.40. The van der Waals surface area contributed by atoms with Crippen LogP contribution in [0.15, 0.2) is 6.07 Å². The van der Waals surface area contributed by atoms with Crippen molar-refractivity contribution in [3.05, 3.63) is 17.5 Å². The second kappa shape index (κ2) is 3.73. The van der Waals surface area contributed by atoms with Gasteiger partial charge in [-0.25, -0.2) is 0 Å². The molecule has 2 rings (SSSR count). The number of aryl methyl sites for hydroxylation is 2. The molecule has 14 heavy (non-hydrogen) atoms. The highest BCUT2D eigenvalue weighted by molar-refractivity contribution is 5.10. The van der Waals surface area contributed by atoms with Gasteiger partial charge < -0.3 is 5.73 Å². The third-order valence-electron chi connectivity index (χ3n) is 3.30. The van der Waals surface area contributed by atoms with Gasteiger partial charge in [-0.05, 0) is 31.7 Å². The van der Waals surface area contributed by atoms with E-state index in [0.717, 1.165) is 18.0 Å². The lowest BCUT2D eigenvalue weighted by atomic mass is 9.78. The van der Waals surface area contributed by atoms with E-state index in [0.29, 0.717) is 6.04 Å². The van der Waals surface area contributed by atoms with E-state index in [9.17, 15) is 0 Å². The van der Waals surface area contributed by atoms with E-state index in [1.807, 2.05) is 18.7 Å². The van der Waals surface area contributed by atoms with Crippen LogP contribution in [-0.2, 0) is 13.5 Å². The molecule has 0 aliphatic heterocycles. The second-order valence-electron chi connectivity index (χ2n) is 4.46. The van der Waals surface area contributed by atoms with Crippen molar-refractivity contribution in [1.29, 1.82) is 0 Å². The Morgan fingerprint density at radius 2 is 2.36 bits per heavy atom. The molecule has 1 aliphatic carbocycles. The quantitative estimate of drug-likeness (QED) is 0.788. The van der Waals surface area contributed by atoms with Gasteiger partial charge in [0.1, 0.15) is 0 Å². The van der Waals surface area contributed by atoms with Gasteiger partial charge in [0, 0.05) is 25.2 Å². The van der Waals surface area contributed by atoms with Crippen LogP contribution in [0.1, 0.15) is 30.7 Å². The van der Waals surface area contributed by atoms with Crippen molar-refractivity contribution in [2.45, 2.75) is 38.6 Å². The average Bonchev–Trinajstić information content (AvgIpc) is 2.26. The lowest BCUT2D eigenvalue weighted by molar-refractivity contribution is 0.258. The molecule has 1 aromatic rings. The Morgan fingerprint density at radius 1 is 1.64 bits per heavy atom. The van der Waals surface area contributed by atoms with E-state index < -0.39 is 0 Å². The zero-order valence-electron chi connectivity index (χ0n) is 9.03. The Morgan fingerprint density at radius 3 is 2.79 bits per heavy atom. The second-order valence-corrected chi connectivity index (χ2v) is 4.46. The lowest BCUT2D eigenvalue weighted by Gasteiger charge is -2.31. The lowest BCUT2D eigenvalue weighted by Crippen LogP contribution is -2.36. The Bertz CT molecular complexity index is 312. The van der Waals surface area contributed by atoms with Crippen LogP contribution in [0.2, 0.25) is 0 Å². The van der Waals surface area contributed by atoms with E-state index in [-0.39, 0.29) is 0 Å². The zero-order chi connectivity index (χ0) is 10.1. The van der Waals surface area contributed by atoms with Gasteiger partial charge in [-0.3, -0.25) is 4.68 Å². The molecule has 3 nitrogen and oxygen atoms in total. The fraction of sp³-hybridized carbons (Fsp3) is 0.727. The molecule has 1 aromatic heterocycles. The van der Waals surface area contributed by atoms with E-state index >= 15 is 0 Å². The van der Waals surface area contributed by atoms with E-state index in [4.69, 9.17) is 5.73 Å². The first-order valence-electron chi connectivity index (χ1n) is 5.42. The van der Waals surface area contributed by atoms with Crippen LogP contribution >= 0.6 is 0 Å². The van der Waals surface area contributed by atoms with Crippen molar-refractivity contribution in [2.75, 3.05) is 0 Å². The van der Waals surface area contributed by atoms with Crippen LogP contribution in [0, 0.1) is 12.8 Å². The van der Waals surface area contributed by atoms with Crippen molar-refractivity contribution < 1.29 is 0 Å². The van der Waals surface area contributed by atoms with Crippen LogP contribution in [-0.4, -0.2) is 15.8 Å². The van der Waals surface area contributed by atoms with E-state index in [1.54, 1.807) is 0 Å². The maximum atomic E-state index is 6.15. The first kappa shape index (κ1) is 9.71. The van der Waals surface area contributed by atoms with Crippen LogP contribution in [0.25, 0.3) is 0 Å². The van der Waals surface area contributed by atoms with Gasteiger partial charge in [0.15, 0.2) is 0 Å². The van der Waals surface area contributed by atoms with Gasteiger partial charge >= 0.3 is 0 Å². The van der Waals surface area contributed by atoms with Crippen LogP contribution < -0.4 is 5.73 Å². The first-order valence-corrected chi connectivity index (χ1v) is 5.42. The topological polar surface area (TPSA) is 43.8 Å². The molecular formula is C11H19N3. The summed E-state index contributed by atoms with van der Waals surface area (Å²) in [5.41, 5.74) is 8.50. The molecule has 1 saturated carbocycles. The number of nitrogens with zero attached hydrogens (tertiary/aromatic N) is 2. The zero-order valence-corrected chi connectivity index (χ0v) is 9.03. The highest BCUT2D eigenvalue weighted by atomic mass is 15.3. The molecule has 0 radical (unpaired) electrons. The Labute approximate surface area is 85.3 Å². The van der Waals surface area contributed by atoms with Crippen LogP contribution in [0.4, 0.5) is 0 Å². The molecule has 78 valence electrons. The fourth-order valence-corrected chi connectivity index (χ4v) is 2.13. The summed E-state index contributed by atoms with van der Waals surface area (Å²) in [6.45, 7) is 2.03. The fourth-order valence-electron chi connectivity index (χ4n) is 2.13. The van der Waals surface area contributed by atoms with Gasteiger partial charge in [-0.1, -0.05) is 6.42 Å². The summed E-state index contributed by atoms with van der Waals surface area (Å²) in [6, 6.07) is 2.47. The minimum Gasteiger partial charge on any atom is -0.327 e. The average molecular weight is 193 g/mol. The van der Waals surface area contributed by atoms with Gasteiger partial charge in [-0.15, -0.1) is 0 Å². The molecule has 3 heteroatoms. The molecule has 0 bridgehead atoms. The number of hydrogen-bond donors (Lipinski definition) is 1. The molecule has 1 unspecified atom stereocenters. The SMILES string of the molecule is Cc1cc(CC(N)C2CCC2)n(C)n1. The highest BCUT2D eigenvalue weighted by Gasteiger charge is 2.25. The maximum Gasteiger partial charge on any atom is 0.0596 e. The third-order valence-corrected chi connectivity index (χ3v) is 3.30. The molecule has 1 atom stereocenters. The van der Waals surface area contributed by atoms with Gasteiger partial charge in [0.25, 0.3) is 0 Å². The number of hydrogen-bond acceptors (Lipinski definition) is 2. The summed E-state index contributed by atoms with van der Waals surface area (Å²) in [5, 5.41) is 4.33. The first-order chi connectivity index (χ1) is 6.66. The summed E-state index contributed by atoms with van der Waals surface area (Å²) in [7, 11) is 2.00. The van der Waals surface area contributed by atoms with Crippen molar-refractivity contribution in [3.8, 4) is 0 Å². The highest BCUT2D eigenvalue weighted by Crippen LogP contribution is 2.29. The van der Waals surface area contributed by atoms with Crippen molar-refractivity contribution in [1.82, 2.24) is 9.78 Å². The van der Waals surface area contributed by atoms with Crippen molar-refractivity contribution >= 4 is 0 Å². The minimum absolute atomic E-state index is 0.332. The molecule has 0 saturated heterocycles. The molecule has 1 heterocycles. The summed E-state index contributed by atoms with van der Waals surface area (Å²) in [4.78, 5) is 0. The monoisotopic (exact) mass is 193 g/mol. The number of rotatable bonds is 3. The minimum atomic E-state index is 0.332. The predicted molar refractivity (Wildman–Crippen MR) is 57.0 cm³/mol. The molecule has 2 N–H and O–H groups in total. The van der Waals surface area contributed by atoms with Gasteiger partial charge in [-0.2, -0.15) is 5.10 Å². The normalized spacial score (nSPS) is 19.4. The Balaban J connectivity index is 1.98. The van der Waals surface area contributed by atoms with Gasteiger partial charge in [0.2, 0.25) is 0 Å².